The quantitative estimate of drug-likeness (QED) is 0.606. The molecule has 6 heteroatoms. The van der Waals surface area contributed by atoms with Crippen LogP contribution in [0, 0.1) is 0 Å². The van der Waals surface area contributed by atoms with E-state index >= 15 is 0 Å². The van der Waals surface area contributed by atoms with Gasteiger partial charge in [0.2, 0.25) is 11.8 Å². The SMILES string of the molecule is COc1ccc(/C=N\NC(=O)CCC(=O)Nc2ccccc2)cc1. The van der Waals surface area contributed by atoms with E-state index in [2.05, 4.69) is 15.8 Å². The highest BCUT2D eigenvalue weighted by molar-refractivity contribution is 5.93. The summed E-state index contributed by atoms with van der Waals surface area (Å²) >= 11 is 0. The molecule has 0 spiro atoms. The van der Waals surface area contributed by atoms with Gasteiger partial charge < -0.3 is 10.1 Å². The van der Waals surface area contributed by atoms with E-state index in [-0.39, 0.29) is 24.7 Å². The van der Waals surface area contributed by atoms with E-state index < -0.39 is 0 Å². The molecular weight excluding hydrogens is 306 g/mol. The molecular formula is C18H19N3O3. The molecule has 0 atom stereocenters. The Balaban J connectivity index is 1.70. The van der Waals surface area contributed by atoms with Gasteiger partial charge in [-0.3, -0.25) is 9.59 Å². The van der Waals surface area contributed by atoms with Crippen molar-refractivity contribution >= 4 is 23.7 Å². The molecule has 6 nitrogen and oxygen atoms in total. The Morgan fingerprint density at radius 3 is 2.33 bits per heavy atom. The van der Waals surface area contributed by atoms with Gasteiger partial charge in [0.1, 0.15) is 5.75 Å². The highest BCUT2D eigenvalue weighted by Gasteiger charge is 2.06. The number of hydrogen-bond acceptors (Lipinski definition) is 4. The Morgan fingerprint density at radius 2 is 1.67 bits per heavy atom. The third-order valence-electron chi connectivity index (χ3n) is 3.16. The largest absolute Gasteiger partial charge is 0.497 e. The lowest BCUT2D eigenvalue weighted by Gasteiger charge is -2.04. The summed E-state index contributed by atoms with van der Waals surface area (Å²) in [4.78, 5) is 23.4. The number of nitrogens with zero attached hydrogens (tertiary/aromatic N) is 1. The maximum atomic E-state index is 11.7. The van der Waals surface area contributed by atoms with Crippen LogP contribution in [0.15, 0.2) is 59.7 Å². The molecule has 2 aromatic carbocycles. The van der Waals surface area contributed by atoms with Crippen LogP contribution in [0.25, 0.3) is 0 Å². The summed E-state index contributed by atoms with van der Waals surface area (Å²) < 4.78 is 5.06. The summed E-state index contributed by atoms with van der Waals surface area (Å²) in [6.07, 6.45) is 1.69. The van der Waals surface area contributed by atoms with Crippen LogP contribution in [0.5, 0.6) is 5.75 Å². The minimum Gasteiger partial charge on any atom is -0.497 e. The summed E-state index contributed by atoms with van der Waals surface area (Å²) in [7, 11) is 1.59. The second-order valence-corrected chi connectivity index (χ2v) is 4.98. The minimum absolute atomic E-state index is 0.0681. The fraction of sp³-hybridized carbons (Fsp3) is 0.167. The molecule has 0 aliphatic rings. The molecule has 0 saturated carbocycles. The molecule has 0 radical (unpaired) electrons. The lowest BCUT2D eigenvalue weighted by molar-refractivity contribution is -0.124. The molecule has 2 N–H and O–H groups in total. The lowest BCUT2D eigenvalue weighted by Crippen LogP contribution is -2.20. The average Bonchev–Trinajstić information content (AvgIpc) is 2.61. The number of amides is 2. The van der Waals surface area contributed by atoms with Crippen molar-refractivity contribution in [2.24, 2.45) is 5.10 Å². The van der Waals surface area contributed by atoms with Crippen LogP contribution in [-0.2, 0) is 9.59 Å². The van der Waals surface area contributed by atoms with Crippen molar-refractivity contribution < 1.29 is 14.3 Å². The molecule has 0 aliphatic heterocycles. The van der Waals surface area contributed by atoms with Crippen molar-refractivity contribution in [2.75, 3.05) is 12.4 Å². The zero-order valence-corrected chi connectivity index (χ0v) is 13.4. The van der Waals surface area contributed by atoms with Gasteiger partial charge in [-0.2, -0.15) is 5.10 Å². The number of carbonyl (C=O) groups excluding carboxylic acids is 2. The van der Waals surface area contributed by atoms with E-state index in [1.54, 1.807) is 31.4 Å². The molecule has 0 heterocycles. The fourth-order valence-electron chi connectivity index (χ4n) is 1.90. The van der Waals surface area contributed by atoms with Crippen molar-refractivity contribution in [3.05, 3.63) is 60.2 Å². The summed E-state index contributed by atoms with van der Waals surface area (Å²) in [6.45, 7) is 0. The van der Waals surface area contributed by atoms with E-state index in [1.807, 2.05) is 30.3 Å². The second kappa shape index (κ2) is 9.09. The van der Waals surface area contributed by atoms with Crippen molar-refractivity contribution in [3.8, 4) is 5.75 Å². The Labute approximate surface area is 140 Å². The van der Waals surface area contributed by atoms with Crippen LogP contribution in [0.3, 0.4) is 0 Å². The van der Waals surface area contributed by atoms with Gasteiger partial charge in [0.05, 0.1) is 13.3 Å². The first-order valence-electron chi connectivity index (χ1n) is 7.48. The van der Waals surface area contributed by atoms with Gasteiger partial charge in [-0.05, 0) is 42.0 Å². The molecule has 2 amide bonds. The summed E-state index contributed by atoms with van der Waals surface area (Å²) in [5.41, 5.74) is 3.94. The Kier molecular flexibility index (Phi) is 6.52. The number of nitrogens with one attached hydrogen (secondary N) is 2. The van der Waals surface area contributed by atoms with E-state index in [0.29, 0.717) is 5.69 Å². The average molecular weight is 325 g/mol. The number of ether oxygens (including phenoxy) is 1. The van der Waals surface area contributed by atoms with Gasteiger partial charge in [0.15, 0.2) is 0 Å². The second-order valence-electron chi connectivity index (χ2n) is 4.98. The van der Waals surface area contributed by atoms with Crippen LogP contribution >= 0.6 is 0 Å². The van der Waals surface area contributed by atoms with Crippen LogP contribution in [0.2, 0.25) is 0 Å². The van der Waals surface area contributed by atoms with E-state index in [9.17, 15) is 9.59 Å². The van der Waals surface area contributed by atoms with Gasteiger partial charge in [-0.15, -0.1) is 0 Å². The predicted octanol–water partition coefficient (Wildman–Crippen LogP) is 2.56. The molecule has 0 aromatic heterocycles. The van der Waals surface area contributed by atoms with Gasteiger partial charge in [-0.1, -0.05) is 18.2 Å². The molecule has 2 rings (SSSR count). The van der Waals surface area contributed by atoms with Crippen molar-refractivity contribution in [2.45, 2.75) is 12.8 Å². The van der Waals surface area contributed by atoms with Crippen molar-refractivity contribution in [1.29, 1.82) is 0 Å². The highest BCUT2D eigenvalue weighted by Crippen LogP contribution is 2.09. The Morgan fingerprint density at radius 1 is 1.00 bits per heavy atom. The van der Waals surface area contributed by atoms with Crippen LogP contribution in [0.4, 0.5) is 5.69 Å². The fourth-order valence-corrected chi connectivity index (χ4v) is 1.90. The van der Waals surface area contributed by atoms with Crippen molar-refractivity contribution in [3.63, 3.8) is 0 Å². The minimum atomic E-state index is -0.317. The van der Waals surface area contributed by atoms with Crippen LogP contribution in [0.1, 0.15) is 18.4 Å². The number of para-hydroxylation sites is 1. The normalized spacial score (nSPS) is 10.4. The smallest absolute Gasteiger partial charge is 0.240 e. The molecule has 124 valence electrons. The van der Waals surface area contributed by atoms with E-state index in [1.165, 1.54) is 6.21 Å². The number of hydrazone groups is 1. The standard InChI is InChI=1S/C18H19N3O3/c1-24-16-9-7-14(8-10-16)13-19-21-18(23)12-11-17(22)20-15-5-3-2-4-6-15/h2-10,13H,11-12H2,1H3,(H,20,22)(H,21,23)/b19-13-. The first-order valence-corrected chi connectivity index (χ1v) is 7.48. The number of carbonyl (C=O) groups is 2. The monoisotopic (exact) mass is 325 g/mol. The van der Waals surface area contributed by atoms with Gasteiger partial charge in [0.25, 0.3) is 0 Å². The molecule has 0 aliphatic carbocycles. The maximum Gasteiger partial charge on any atom is 0.240 e. The van der Waals surface area contributed by atoms with Gasteiger partial charge in [-0.25, -0.2) is 5.43 Å². The number of rotatable bonds is 7. The molecule has 0 bridgehead atoms. The molecule has 0 unspecified atom stereocenters. The molecule has 2 aromatic rings. The zero-order valence-electron chi connectivity index (χ0n) is 13.4. The number of anilines is 1. The lowest BCUT2D eigenvalue weighted by atomic mass is 10.2. The van der Waals surface area contributed by atoms with Crippen LogP contribution < -0.4 is 15.5 Å². The van der Waals surface area contributed by atoms with Crippen molar-refractivity contribution in [1.82, 2.24) is 5.43 Å². The van der Waals surface area contributed by atoms with E-state index in [0.717, 1.165) is 11.3 Å². The maximum absolute atomic E-state index is 11.7. The van der Waals surface area contributed by atoms with Gasteiger partial charge in [0, 0.05) is 18.5 Å². The molecule has 0 saturated heterocycles. The first-order chi connectivity index (χ1) is 11.7. The molecule has 0 fully saturated rings. The predicted molar refractivity (Wildman–Crippen MR) is 93.0 cm³/mol. The summed E-state index contributed by atoms with van der Waals surface area (Å²) in [5, 5.41) is 6.58. The number of methoxy groups -OCH3 is 1. The highest BCUT2D eigenvalue weighted by atomic mass is 16.5. The van der Waals surface area contributed by atoms with Crippen LogP contribution in [-0.4, -0.2) is 25.1 Å². The third kappa shape index (κ3) is 5.92. The zero-order chi connectivity index (χ0) is 17.2. The first kappa shape index (κ1) is 17.2. The third-order valence-corrected chi connectivity index (χ3v) is 3.16. The topological polar surface area (TPSA) is 79.8 Å². The summed E-state index contributed by atoms with van der Waals surface area (Å²) in [6, 6.07) is 16.3. The molecule has 24 heavy (non-hydrogen) atoms. The van der Waals surface area contributed by atoms with E-state index in [4.69, 9.17) is 4.74 Å². The Bertz CT molecular complexity index is 697. The number of hydrogen-bond donors (Lipinski definition) is 2. The van der Waals surface area contributed by atoms with Gasteiger partial charge >= 0.3 is 0 Å². The summed E-state index contributed by atoms with van der Waals surface area (Å²) in [5.74, 6) is 0.221. The Hall–Kier alpha value is -3.15. The number of benzene rings is 2.